The monoisotopic (exact) mass is 334 g/mol. The van der Waals surface area contributed by atoms with E-state index in [2.05, 4.69) is 15.4 Å². The molecule has 5 nitrogen and oxygen atoms in total. The van der Waals surface area contributed by atoms with E-state index in [1.54, 1.807) is 0 Å². The van der Waals surface area contributed by atoms with Crippen molar-refractivity contribution in [3.63, 3.8) is 0 Å². The molecule has 7 heteroatoms. The van der Waals surface area contributed by atoms with E-state index < -0.39 is 12.5 Å². The Morgan fingerprint density at radius 1 is 0.958 bits per heavy atom. The molecule has 0 bridgehead atoms. The van der Waals surface area contributed by atoms with Crippen molar-refractivity contribution in [3.8, 4) is 5.75 Å². The van der Waals surface area contributed by atoms with Gasteiger partial charge in [-0.3, -0.25) is 9.59 Å². The molecule has 0 saturated heterocycles. The van der Waals surface area contributed by atoms with E-state index in [4.69, 9.17) is 0 Å². The number of ether oxygens (including phenoxy) is 1. The van der Waals surface area contributed by atoms with Crippen LogP contribution < -0.4 is 15.4 Å². The molecule has 0 fully saturated rings. The topological polar surface area (TPSA) is 67.4 Å². The van der Waals surface area contributed by atoms with Crippen LogP contribution in [-0.4, -0.2) is 25.0 Å². The van der Waals surface area contributed by atoms with Gasteiger partial charge in [0.25, 0.3) is 5.91 Å². The molecule has 0 spiro atoms. The lowest BCUT2D eigenvalue weighted by atomic mass is 10.2. The maximum absolute atomic E-state index is 12.3. The zero-order valence-electron chi connectivity index (χ0n) is 12.7. The molecule has 0 aliphatic carbocycles. The quantitative estimate of drug-likeness (QED) is 0.817. The van der Waals surface area contributed by atoms with Gasteiger partial charge in [0.1, 0.15) is 5.75 Å². The normalized spacial score (nSPS) is 10.3. The summed E-state index contributed by atoms with van der Waals surface area (Å²) in [4.78, 5) is 23.7. The predicted molar refractivity (Wildman–Crippen MR) is 83.7 cm³/mol. The van der Waals surface area contributed by atoms with Crippen LogP contribution in [0.5, 0.6) is 5.75 Å². The highest BCUT2D eigenvalue weighted by Crippen LogP contribution is 2.19. The molecule has 0 saturated carbocycles. The van der Waals surface area contributed by atoms with Gasteiger partial charge in [0, 0.05) is 6.54 Å². The second-order valence-electron chi connectivity index (χ2n) is 4.82. The summed E-state index contributed by atoms with van der Waals surface area (Å²) in [5.41, 5.74) is 0.863. The number of carbonyl (C=O) groups excluding carboxylic acids is 2. The van der Waals surface area contributed by atoms with E-state index >= 15 is 0 Å². The third-order valence-corrected chi connectivity index (χ3v) is 3.09. The van der Waals surface area contributed by atoms with Crippen LogP contribution in [0.15, 0.2) is 54.6 Å². The highest BCUT2D eigenvalue weighted by Gasteiger charge is 2.15. The summed E-state index contributed by atoms with van der Waals surface area (Å²) < 4.78 is 28.9. The molecular weight excluding hydrogens is 318 g/mol. The van der Waals surface area contributed by atoms with Gasteiger partial charge in [-0.25, -0.2) is 0 Å². The van der Waals surface area contributed by atoms with Gasteiger partial charge in [-0.2, -0.15) is 8.78 Å². The molecule has 2 N–H and O–H groups in total. The zero-order chi connectivity index (χ0) is 17.4. The highest BCUT2D eigenvalue weighted by atomic mass is 19.3. The minimum atomic E-state index is -3.03. The van der Waals surface area contributed by atoms with E-state index in [-0.39, 0.29) is 23.8 Å². The Balaban J connectivity index is 1.85. The van der Waals surface area contributed by atoms with Gasteiger partial charge < -0.3 is 15.4 Å². The average Bonchev–Trinajstić information content (AvgIpc) is 2.58. The fourth-order valence-corrected chi connectivity index (χ4v) is 1.97. The van der Waals surface area contributed by atoms with Crippen molar-refractivity contribution in [2.24, 2.45) is 0 Å². The minimum Gasteiger partial charge on any atom is -0.434 e. The molecular formula is C17H16F2N2O3. The van der Waals surface area contributed by atoms with E-state index in [0.29, 0.717) is 6.54 Å². The molecule has 2 rings (SSSR count). The largest absolute Gasteiger partial charge is 0.434 e. The smallest absolute Gasteiger partial charge is 0.387 e. The fourth-order valence-electron chi connectivity index (χ4n) is 1.97. The minimum absolute atomic E-state index is 0.0614. The van der Waals surface area contributed by atoms with Crippen LogP contribution in [0.3, 0.4) is 0 Å². The first-order valence-corrected chi connectivity index (χ1v) is 7.19. The molecule has 24 heavy (non-hydrogen) atoms. The summed E-state index contributed by atoms with van der Waals surface area (Å²) >= 11 is 0. The third kappa shape index (κ3) is 5.35. The Labute approximate surface area is 137 Å². The maximum Gasteiger partial charge on any atom is 0.387 e. The first-order chi connectivity index (χ1) is 11.6. The molecule has 0 heterocycles. The third-order valence-electron chi connectivity index (χ3n) is 3.09. The summed E-state index contributed by atoms with van der Waals surface area (Å²) in [6.07, 6.45) is 0. The summed E-state index contributed by atoms with van der Waals surface area (Å²) in [7, 11) is 0. The van der Waals surface area contributed by atoms with Gasteiger partial charge in [-0.05, 0) is 17.7 Å². The van der Waals surface area contributed by atoms with Crippen LogP contribution >= 0.6 is 0 Å². The Kier molecular flexibility index (Phi) is 6.24. The van der Waals surface area contributed by atoms with Crippen LogP contribution in [0.4, 0.5) is 8.78 Å². The zero-order valence-corrected chi connectivity index (χ0v) is 12.7. The van der Waals surface area contributed by atoms with Gasteiger partial charge in [0.15, 0.2) is 0 Å². The van der Waals surface area contributed by atoms with Crippen molar-refractivity contribution in [2.45, 2.75) is 13.2 Å². The van der Waals surface area contributed by atoms with Crippen molar-refractivity contribution < 1.29 is 23.1 Å². The van der Waals surface area contributed by atoms with E-state index in [9.17, 15) is 18.4 Å². The average molecular weight is 334 g/mol. The fraction of sp³-hybridized carbons (Fsp3) is 0.176. The summed E-state index contributed by atoms with van der Waals surface area (Å²) in [5.74, 6) is -1.30. The molecule has 0 aromatic heterocycles. The number of benzene rings is 2. The van der Waals surface area contributed by atoms with Gasteiger partial charge >= 0.3 is 6.61 Å². The number of hydrogen-bond acceptors (Lipinski definition) is 3. The number of hydrogen-bond donors (Lipinski definition) is 2. The van der Waals surface area contributed by atoms with Gasteiger partial charge in [0.2, 0.25) is 5.91 Å². The molecule has 2 aromatic carbocycles. The molecule has 0 atom stereocenters. The van der Waals surface area contributed by atoms with Gasteiger partial charge in [-0.15, -0.1) is 0 Å². The van der Waals surface area contributed by atoms with Gasteiger partial charge in [-0.1, -0.05) is 42.5 Å². The standard InChI is InChI=1S/C17H16F2N2O3/c18-17(19)24-14-9-5-4-8-13(14)16(23)21-11-15(22)20-10-12-6-2-1-3-7-12/h1-9,17H,10-11H2,(H,20,22)(H,21,23). The molecule has 126 valence electrons. The van der Waals surface area contributed by atoms with Crippen molar-refractivity contribution in [1.29, 1.82) is 0 Å². The number of para-hydroxylation sites is 1. The molecule has 0 unspecified atom stereocenters. The highest BCUT2D eigenvalue weighted by molar-refractivity contribution is 5.98. The second kappa shape index (κ2) is 8.61. The van der Waals surface area contributed by atoms with Crippen molar-refractivity contribution in [3.05, 3.63) is 65.7 Å². The molecule has 0 aliphatic heterocycles. The summed E-state index contributed by atoms with van der Waals surface area (Å²) in [6, 6.07) is 14.9. The van der Waals surface area contributed by atoms with E-state index in [0.717, 1.165) is 5.56 Å². The first-order valence-electron chi connectivity index (χ1n) is 7.19. The molecule has 2 amide bonds. The Morgan fingerprint density at radius 2 is 1.62 bits per heavy atom. The van der Waals surface area contributed by atoms with Crippen LogP contribution in [0, 0.1) is 0 Å². The summed E-state index contributed by atoms with van der Waals surface area (Å²) in [5, 5.41) is 5.02. The van der Waals surface area contributed by atoms with Crippen molar-refractivity contribution >= 4 is 11.8 Å². The Bertz CT molecular complexity index is 693. The lowest BCUT2D eigenvalue weighted by molar-refractivity contribution is -0.120. The van der Waals surface area contributed by atoms with Crippen LogP contribution in [0.25, 0.3) is 0 Å². The Morgan fingerprint density at radius 3 is 2.33 bits per heavy atom. The first kappa shape index (κ1) is 17.4. The SMILES string of the molecule is O=C(CNC(=O)c1ccccc1OC(F)F)NCc1ccccc1. The van der Waals surface area contributed by atoms with Crippen molar-refractivity contribution in [2.75, 3.05) is 6.54 Å². The van der Waals surface area contributed by atoms with Gasteiger partial charge in [0.05, 0.1) is 12.1 Å². The summed E-state index contributed by atoms with van der Waals surface area (Å²) in [6.45, 7) is -2.97. The maximum atomic E-state index is 12.3. The van der Waals surface area contributed by atoms with Crippen molar-refractivity contribution in [1.82, 2.24) is 10.6 Å². The van der Waals surface area contributed by atoms with Crippen LogP contribution in [-0.2, 0) is 11.3 Å². The number of amides is 2. The number of nitrogens with one attached hydrogen (secondary N) is 2. The van der Waals surface area contributed by atoms with E-state index in [1.165, 1.54) is 24.3 Å². The Hall–Kier alpha value is -2.96. The molecule has 2 aromatic rings. The number of rotatable bonds is 7. The van der Waals surface area contributed by atoms with Crippen LogP contribution in [0.1, 0.15) is 15.9 Å². The van der Waals surface area contributed by atoms with Crippen LogP contribution in [0.2, 0.25) is 0 Å². The molecule has 0 radical (unpaired) electrons. The lowest BCUT2D eigenvalue weighted by Gasteiger charge is -2.11. The van der Waals surface area contributed by atoms with E-state index in [1.807, 2.05) is 30.3 Å². The lowest BCUT2D eigenvalue weighted by Crippen LogP contribution is -2.36. The number of halogens is 2. The second-order valence-corrected chi connectivity index (χ2v) is 4.82. The number of carbonyl (C=O) groups is 2. The molecule has 0 aliphatic rings. The predicted octanol–water partition coefficient (Wildman–Crippen LogP) is 2.33. The number of alkyl halides is 2.